The second-order valence-corrected chi connectivity index (χ2v) is 3.27. The molecule has 0 radical (unpaired) electrons. The minimum Gasteiger partial charge on any atom is -0.464 e. The van der Waals surface area contributed by atoms with Crippen LogP contribution in [0.5, 0.6) is 0 Å². The first-order valence-corrected chi connectivity index (χ1v) is 4.95. The summed E-state index contributed by atoms with van der Waals surface area (Å²) in [5, 5.41) is 5.99. The van der Waals surface area contributed by atoms with Crippen LogP contribution >= 0.6 is 0 Å². The predicted molar refractivity (Wildman–Crippen MR) is 54.8 cm³/mol. The molecular weight excluding hydrogens is 212 g/mol. The van der Waals surface area contributed by atoms with Crippen LogP contribution in [0.15, 0.2) is 10.6 Å². The lowest BCUT2D eigenvalue weighted by Gasteiger charge is -2.10. The maximum absolute atomic E-state index is 11.5. The molecule has 0 unspecified atom stereocenters. The van der Waals surface area contributed by atoms with Crippen LogP contribution in [0.25, 0.3) is 0 Å². The van der Waals surface area contributed by atoms with Crippen molar-refractivity contribution in [3.8, 4) is 0 Å². The molecule has 1 heterocycles. The van der Waals surface area contributed by atoms with Gasteiger partial charge in [-0.05, 0) is 20.8 Å². The van der Waals surface area contributed by atoms with E-state index in [1.54, 1.807) is 20.8 Å². The van der Waals surface area contributed by atoms with Gasteiger partial charge in [0.25, 0.3) is 5.91 Å². The van der Waals surface area contributed by atoms with Crippen LogP contribution in [0, 0.1) is 6.92 Å². The van der Waals surface area contributed by atoms with Crippen molar-refractivity contribution in [2.24, 2.45) is 0 Å². The van der Waals surface area contributed by atoms with E-state index in [9.17, 15) is 9.59 Å². The molecule has 1 amide bonds. The van der Waals surface area contributed by atoms with Crippen LogP contribution < -0.4 is 5.32 Å². The highest BCUT2D eigenvalue weighted by molar-refractivity contribution is 5.94. The van der Waals surface area contributed by atoms with Gasteiger partial charge in [-0.15, -0.1) is 0 Å². The minimum atomic E-state index is -0.704. The van der Waals surface area contributed by atoms with Crippen molar-refractivity contribution in [3.05, 3.63) is 17.5 Å². The van der Waals surface area contributed by atoms with Crippen LogP contribution in [-0.2, 0) is 9.53 Å². The van der Waals surface area contributed by atoms with E-state index in [2.05, 4.69) is 10.5 Å². The molecule has 6 nitrogen and oxygen atoms in total. The van der Waals surface area contributed by atoms with Gasteiger partial charge < -0.3 is 14.6 Å². The zero-order chi connectivity index (χ0) is 12.1. The molecule has 1 atom stereocenters. The predicted octanol–water partition coefficient (Wildman–Crippen LogP) is 0.664. The summed E-state index contributed by atoms with van der Waals surface area (Å²) >= 11 is 0. The van der Waals surface area contributed by atoms with Gasteiger partial charge in [0.1, 0.15) is 11.8 Å². The van der Waals surface area contributed by atoms with Gasteiger partial charge in [0.15, 0.2) is 5.69 Å². The van der Waals surface area contributed by atoms with Crippen molar-refractivity contribution in [2.45, 2.75) is 26.8 Å². The van der Waals surface area contributed by atoms with E-state index in [0.717, 1.165) is 0 Å². The Labute approximate surface area is 92.9 Å². The van der Waals surface area contributed by atoms with Crippen LogP contribution in [0.3, 0.4) is 0 Å². The third-order valence-electron chi connectivity index (χ3n) is 1.85. The number of nitrogens with one attached hydrogen (secondary N) is 1. The molecule has 0 fully saturated rings. The number of esters is 1. The molecule has 0 aliphatic rings. The second kappa shape index (κ2) is 5.29. The third kappa shape index (κ3) is 3.08. The molecule has 6 heteroatoms. The first-order chi connectivity index (χ1) is 7.54. The SMILES string of the molecule is CCOC(=O)[C@H](C)NC(=O)c1cc(C)on1. The first kappa shape index (κ1) is 12.2. The van der Waals surface area contributed by atoms with E-state index in [0.29, 0.717) is 5.76 Å². The Morgan fingerprint density at radius 2 is 2.31 bits per heavy atom. The van der Waals surface area contributed by atoms with Gasteiger partial charge in [-0.2, -0.15) is 0 Å². The normalized spacial score (nSPS) is 11.9. The van der Waals surface area contributed by atoms with Gasteiger partial charge in [-0.1, -0.05) is 5.16 Å². The molecule has 88 valence electrons. The monoisotopic (exact) mass is 226 g/mol. The number of rotatable bonds is 4. The maximum Gasteiger partial charge on any atom is 0.328 e. The van der Waals surface area contributed by atoms with Gasteiger partial charge >= 0.3 is 5.97 Å². The van der Waals surface area contributed by atoms with Crippen molar-refractivity contribution in [1.82, 2.24) is 10.5 Å². The van der Waals surface area contributed by atoms with Crippen LogP contribution in [-0.4, -0.2) is 29.7 Å². The largest absolute Gasteiger partial charge is 0.464 e. The van der Waals surface area contributed by atoms with Crippen LogP contribution in [0.2, 0.25) is 0 Å². The molecule has 16 heavy (non-hydrogen) atoms. The smallest absolute Gasteiger partial charge is 0.328 e. The molecule has 1 aromatic heterocycles. The second-order valence-electron chi connectivity index (χ2n) is 3.27. The van der Waals surface area contributed by atoms with Crippen LogP contribution in [0.1, 0.15) is 30.1 Å². The Kier molecular flexibility index (Phi) is 4.04. The zero-order valence-corrected chi connectivity index (χ0v) is 9.44. The lowest BCUT2D eigenvalue weighted by Crippen LogP contribution is -2.39. The molecular formula is C10H14N2O4. The summed E-state index contributed by atoms with van der Waals surface area (Å²) in [4.78, 5) is 22.8. The average Bonchev–Trinajstić information content (AvgIpc) is 2.65. The molecule has 0 aromatic carbocycles. The van der Waals surface area contributed by atoms with Gasteiger partial charge in [-0.25, -0.2) is 4.79 Å². The van der Waals surface area contributed by atoms with E-state index in [1.165, 1.54) is 6.07 Å². The van der Waals surface area contributed by atoms with E-state index >= 15 is 0 Å². The zero-order valence-electron chi connectivity index (χ0n) is 9.44. The van der Waals surface area contributed by atoms with E-state index in [4.69, 9.17) is 9.26 Å². The van der Waals surface area contributed by atoms with Crippen molar-refractivity contribution in [2.75, 3.05) is 6.61 Å². The van der Waals surface area contributed by atoms with Gasteiger partial charge in [0, 0.05) is 6.07 Å². The average molecular weight is 226 g/mol. The molecule has 0 aliphatic heterocycles. The number of aromatic nitrogens is 1. The lowest BCUT2D eigenvalue weighted by molar-refractivity contribution is -0.144. The fourth-order valence-electron chi connectivity index (χ4n) is 1.07. The van der Waals surface area contributed by atoms with E-state index < -0.39 is 17.9 Å². The number of amides is 1. The highest BCUT2D eigenvalue weighted by atomic mass is 16.5. The summed E-state index contributed by atoms with van der Waals surface area (Å²) in [6.07, 6.45) is 0. The fourth-order valence-corrected chi connectivity index (χ4v) is 1.07. The molecule has 1 rings (SSSR count). The summed E-state index contributed by atoms with van der Waals surface area (Å²) in [6, 6.07) is 0.789. The standard InChI is InChI=1S/C10H14N2O4/c1-4-15-10(14)7(3)11-9(13)8-5-6(2)16-12-8/h5,7H,4H2,1-3H3,(H,11,13)/t7-/m0/s1. The summed E-state index contributed by atoms with van der Waals surface area (Å²) in [5.41, 5.74) is 0.147. The Morgan fingerprint density at radius 3 is 2.81 bits per heavy atom. The number of hydrogen-bond donors (Lipinski definition) is 1. The molecule has 0 aliphatic carbocycles. The van der Waals surface area contributed by atoms with E-state index in [-0.39, 0.29) is 12.3 Å². The minimum absolute atomic E-state index is 0.147. The van der Waals surface area contributed by atoms with Crippen molar-refractivity contribution >= 4 is 11.9 Å². The molecule has 0 saturated carbocycles. The van der Waals surface area contributed by atoms with Crippen molar-refractivity contribution in [1.29, 1.82) is 0 Å². The fraction of sp³-hybridized carbons (Fsp3) is 0.500. The Morgan fingerprint density at radius 1 is 1.62 bits per heavy atom. The Bertz CT molecular complexity index is 386. The van der Waals surface area contributed by atoms with Gasteiger partial charge in [0.2, 0.25) is 0 Å². The number of hydrogen-bond acceptors (Lipinski definition) is 5. The Hall–Kier alpha value is -1.85. The highest BCUT2D eigenvalue weighted by Crippen LogP contribution is 2.01. The molecule has 1 aromatic rings. The van der Waals surface area contributed by atoms with Crippen molar-refractivity contribution < 1.29 is 18.8 Å². The topological polar surface area (TPSA) is 81.4 Å². The van der Waals surface area contributed by atoms with Gasteiger partial charge in [-0.3, -0.25) is 4.79 Å². The quantitative estimate of drug-likeness (QED) is 0.763. The third-order valence-corrected chi connectivity index (χ3v) is 1.85. The highest BCUT2D eigenvalue weighted by Gasteiger charge is 2.19. The summed E-state index contributed by atoms with van der Waals surface area (Å²) in [6.45, 7) is 5.21. The van der Waals surface area contributed by atoms with Crippen molar-refractivity contribution in [3.63, 3.8) is 0 Å². The summed E-state index contributed by atoms with van der Waals surface area (Å²) < 4.78 is 9.50. The summed E-state index contributed by atoms with van der Waals surface area (Å²) in [5.74, 6) is -0.401. The number of aryl methyl sites for hydroxylation is 1. The molecule has 1 N–H and O–H groups in total. The lowest BCUT2D eigenvalue weighted by atomic mass is 10.3. The van der Waals surface area contributed by atoms with E-state index in [1.807, 2.05) is 0 Å². The molecule has 0 spiro atoms. The van der Waals surface area contributed by atoms with Crippen LogP contribution in [0.4, 0.5) is 0 Å². The maximum atomic E-state index is 11.5. The number of carbonyl (C=O) groups excluding carboxylic acids is 2. The first-order valence-electron chi connectivity index (χ1n) is 4.95. The molecule has 0 saturated heterocycles. The number of nitrogens with zero attached hydrogens (tertiary/aromatic N) is 1. The number of ether oxygens (including phenoxy) is 1. The Balaban J connectivity index is 2.54. The van der Waals surface area contributed by atoms with Gasteiger partial charge in [0.05, 0.1) is 6.61 Å². The molecule has 0 bridgehead atoms. The number of carbonyl (C=O) groups is 2. The summed E-state index contributed by atoms with van der Waals surface area (Å²) in [7, 11) is 0.